The lowest BCUT2D eigenvalue weighted by Gasteiger charge is -2.27. The second-order valence-electron chi connectivity index (χ2n) is 7.64. The predicted octanol–water partition coefficient (Wildman–Crippen LogP) is 3.12. The average molecular weight is 434 g/mol. The minimum atomic E-state index is -0.587. The highest BCUT2D eigenvalue weighted by atomic mass is 19.1. The second-order valence-corrected chi connectivity index (χ2v) is 7.64. The molecule has 0 saturated carbocycles. The van der Waals surface area contributed by atoms with Crippen LogP contribution in [-0.4, -0.2) is 35.3 Å². The molecule has 0 N–H and O–H groups in total. The Morgan fingerprint density at radius 3 is 2.88 bits per heavy atom. The Hall–Kier alpha value is -4.08. The van der Waals surface area contributed by atoms with E-state index in [4.69, 9.17) is 4.74 Å². The van der Waals surface area contributed by atoms with Gasteiger partial charge in [0.1, 0.15) is 29.2 Å². The third kappa shape index (κ3) is 2.58. The second kappa shape index (κ2) is 6.71. The van der Waals surface area contributed by atoms with Crippen molar-refractivity contribution in [3.63, 3.8) is 0 Å². The van der Waals surface area contributed by atoms with Gasteiger partial charge in [-0.3, -0.25) is 13.7 Å². The number of benzene rings is 2. The van der Waals surface area contributed by atoms with Gasteiger partial charge in [0.2, 0.25) is 5.95 Å². The van der Waals surface area contributed by atoms with Gasteiger partial charge in [0.15, 0.2) is 5.65 Å². The summed E-state index contributed by atoms with van der Waals surface area (Å²) in [5.41, 5.74) is 1.91. The molecule has 8 nitrogen and oxygen atoms in total. The zero-order valence-electron chi connectivity index (χ0n) is 16.9. The fourth-order valence-electron chi connectivity index (χ4n) is 4.31. The first kappa shape index (κ1) is 18.7. The van der Waals surface area contributed by atoms with Crippen LogP contribution < -0.4 is 10.4 Å². The molecule has 0 fully saturated rings. The Bertz CT molecular complexity index is 1590. The minimum absolute atomic E-state index is 0.228. The first-order valence-electron chi connectivity index (χ1n) is 10.0. The topological polar surface area (TPSA) is 79.8 Å². The Balaban J connectivity index is 1.60. The van der Waals surface area contributed by atoms with Crippen molar-refractivity contribution in [3.8, 4) is 11.7 Å². The van der Waals surface area contributed by atoms with Gasteiger partial charge >= 0.3 is 5.69 Å². The molecule has 10 heteroatoms. The van der Waals surface area contributed by atoms with Crippen LogP contribution in [0.15, 0.2) is 53.7 Å². The number of ether oxygens (including phenoxy) is 1. The average Bonchev–Trinajstić information content (AvgIpc) is 3.32. The molecule has 3 aromatic heterocycles. The van der Waals surface area contributed by atoms with Gasteiger partial charge < -0.3 is 4.74 Å². The van der Waals surface area contributed by atoms with E-state index in [1.54, 1.807) is 29.8 Å². The van der Waals surface area contributed by atoms with Crippen LogP contribution in [0.3, 0.4) is 0 Å². The number of halogens is 2. The van der Waals surface area contributed by atoms with E-state index in [9.17, 15) is 13.6 Å². The van der Waals surface area contributed by atoms with Crippen molar-refractivity contribution in [2.24, 2.45) is 7.05 Å². The van der Waals surface area contributed by atoms with Gasteiger partial charge in [-0.1, -0.05) is 6.07 Å². The smallest absolute Gasteiger partial charge is 0.330 e. The zero-order chi connectivity index (χ0) is 22.0. The van der Waals surface area contributed by atoms with Gasteiger partial charge in [-0.05, 0) is 24.3 Å². The summed E-state index contributed by atoms with van der Waals surface area (Å²) in [4.78, 5) is 26.5. The SMILES string of the molecule is Cn1c(=O)n(C2CCOc3cccc(F)c32)c2nc(-n3cnc4ccc(F)cc43)ncc21. The zero-order valence-corrected chi connectivity index (χ0v) is 16.9. The van der Waals surface area contributed by atoms with E-state index < -0.39 is 17.7 Å². The highest BCUT2D eigenvalue weighted by Crippen LogP contribution is 2.37. The number of hydrogen-bond acceptors (Lipinski definition) is 5. The lowest BCUT2D eigenvalue weighted by atomic mass is 9.99. The van der Waals surface area contributed by atoms with Crippen LogP contribution in [-0.2, 0) is 7.05 Å². The maximum Gasteiger partial charge on any atom is 0.330 e. The molecular weight excluding hydrogens is 418 g/mol. The molecule has 5 aromatic rings. The first-order chi connectivity index (χ1) is 15.5. The number of aromatic nitrogens is 6. The van der Waals surface area contributed by atoms with E-state index >= 15 is 0 Å². The maximum absolute atomic E-state index is 14.8. The van der Waals surface area contributed by atoms with Gasteiger partial charge in [-0.25, -0.2) is 23.5 Å². The van der Waals surface area contributed by atoms with Gasteiger partial charge in [-0.15, -0.1) is 0 Å². The third-order valence-electron chi connectivity index (χ3n) is 5.85. The molecule has 2 aromatic carbocycles. The monoisotopic (exact) mass is 434 g/mol. The summed E-state index contributed by atoms with van der Waals surface area (Å²) in [6.07, 6.45) is 3.44. The van der Waals surface area contributed by atoms with Crippen LogP contribution >= 0.6 is 0 Å². The standard InChI is InChI=1S/C22H16F2N6O2/c1-28-17-10-25-21(29-11-26-14-6-5-12(23)9-16(14)29)27-20(17)30(22(28)31)15-7-8-32-18-4-2-3-13(24)19(15)18/h2-6,9-11,15H,7-8H2,1H3. The molecule has 1 aliphatic heterocycles. The van der Waals surface area contributed by atoms with E-state index in [1.807, 2.05) is 0 Å². The van der Waals surface area contributed by atoms with Crippen LogP contribution in [0.2, 0.25) is 0 Å². The van der Waals surface area contributed by atoms with Crippen LogP contribution in [0.5, 0.6) is 5.75 Å². The van der Waals surface area contributed by atoms with Crippen molar-refractivity contribution in [1.29, 1.82) is 0 Å². The van der Waals surface area contributed by atoms with Crippen molar-refractivity contribution in [2.75, 3.05) is 6.61 Å². The Labute approximate surface area is 179 Å². The first-order valence-corrected chi connectivity index (χ1v) is 10.0. The third-order valence-corrected chi connectivity index (χ3v) is 5.85. The molecule has 1 unspecified atom stereocenters. The lowest BCUT2D eigenvalue weighted by molar-refractivity contribution is 0.250. The quantitative estimate of drug-likeness (QED) is 0.427. The van der Waals surface area contributed by atoms with Crippen molar-refractivity contribution < 1.29 is 13.5 Å². The van der Waals surface area contributed by atoms with Crippen LogP contribution in [0, 0.1) is 11.6 Å². The summed E-state index contributed by atoms with van der Waals surface area (Å²) < 4.78 is 38.7. The van der Waals surface area contributed by atoms with Crippen LogP contribution in [0.1, 0.15) is 18.0 Å². The molecule has 160 valence electrons. The summed E-state index contributed by atoms with van der Waals surface area (Å²) in [5, 5.41) is 0. The van der Waals surface area contributed by atoms with E-state index in [0.29, 0.717) is 46.5 Å². The molecule has 1 atom stereocenters. The van der Waals surface area contributed by atoms with Gasteiger partial charge in [0, 0.05) is 19.5 Å². The molecule has 4 heterocycles. The van der Waals surface area contributed by atoms with Crippen molar-refractivity contribution in [1.82, 2.24) is 28.7 Å². The molecule has 0 amide bonds. The fraction of sp³-hybridized carbons (Fsp3) is 0.182. The molecular formula is C22H16F2N6O2. The number of rotatable bonds is 2. The normalized spacial score (nSPS) is 15.8. The number of aryl methyl sites for hydroxylation is 1. The highest BCUT2D eigenvalue weighted by molar-refractivity contribution is 5.77. The molecule has 32 heavy (non-hydrogen) atoms. The van der Waals surface area contributed by atoms with Crippen molar-refractivity contribution >= 4 is 22.2 Å². The number of nitrogens with zero attached hydrogens (tertiary/aromatic N) is 6. The minimum Gasteiger partial charge on any atom is -0.493 e. The van der Waals surface area contributed by atoms with E-state index in [-0.39, 0.29) is 11.6 Å². The lowest BCUT2D eigenvalue weighted by Crippen LogP contribution is -2.31. The number of imidazole rings is 2. The number of fused-ring (bicyclic) bond motifs is 3. The summed E-state index contributed by atoms with van der Waals surface area (Å²) in [5.74, 6) is -0.214. The largest absolute Gasteiger partial charge is 0.493 e. The molecule has 0 aliphatic carbocycles. The maximum atomic E-state index is 14.8. The van der Waals surface area contributed by atoms with Gasteiger partial charge in [0.05, 0.1) is 35.4 Å². The summed E-state index contributed by atoms with van der Waals surface area (Å²) in [6.45, 7) is 0.341. The number of hydrogen-bond donors (Lipinski definition) is 0. The molecule has 0 saturated heterocycles. The van der Waals surface area contributed by atoms with Crippen molar-refractivity contribution in [2.45, 2.75) is 12.5 Å². The summed E-state index contributed by atoms with van der Waals surface area (Å²) >= 11 is 0. The van der Waals surface area contributed by atoms with Crippen LogP contribution in [0.4, 0.5) is 8.78 Å². The summed E-state index contributed by atoms with van der Waals surface area (Å²) in [7, 11) is 1.62. The van der Waals surface area contributed by atoms with Gasteiger partial charge in [0.25, 0.3) is 0 Å². The Morgan fingerprint density at radius 1 is 1.12 bits per heavy atom. The Morgan fingerprint density at radius 2 is 2.00 bits per heavy atom. The van der Waals surface area contributed by atoms with E-state index in [2.05, 4.69) is 15.0 Å². The molecule has 0 radical (unpaired) electrons. The molecule has 0 bridgehead atoms. The molecule has 1 aliphatic rings. The van der Waals surface area contributed by atoms with Crippen molar-refractivity contribution in [3.05, 3.63) is 76.6 Å². The van der Waals surface area contributed by atoms with E-state index in [0.717, 1.165) is 0 Å². The highest BCUT2D eigenvalue weighted by Gasteiger charge is 2.30. The van der Waals surface area contributed by atoms with E-state index in [1.165, 1.54) is 39.9 Å². The van der Waals surface area contributed by atoms with Gasteiger partial charge in [-0.2, -0.15) is 4.98 Å². The predicted molar refractivity (Wildman–Crippen MR) is 112 cm³/mol. The Kier molecular flexibility index (Phi) is 3.91. The molecule has 6 rings (SSSR count). The van der Waals surface area contributed by atoms with Crippen LogP contribution in [0.25, 0.3) is 28.1 Å². The fourth-order valence-corrected chi connectivity index (χ4v) is 4.31. The summed E-state index contributed by atoms with van der Waals surface area (Å²) in [6, 6.07) is 8.27. The molecule has 0 spiro atoms.